The van der Waals surface area contributed by atoms with Gasteiger partial charge < -0.3 is 5.32 Å². The van der Waals surface area contributed by atoms with Crippen LogP contribution in [0.1, 0.15) is 66.7 Å². The predicted octanol–water partition coefficient (Wildman–Crippen LogP) is 4.23. The zero-order valence-corrected chi connectivity index (χ0v) is 12.0. The van der Waals surface area contributed by atoms with E-state index in [4.69, 9.17) is 0 Å². The molecule has 0 saturated heterocycles. The van der Waals surface area contributed by atoms with Crippen LogP contribution in [0.25, 0.3) is 0 Å². The summed E-state index contributed by atoms with van der Waals surface area (Å²) in [5, 5.41) is 3.69. The largest absolute Gasteiger partial charge is 0.312 e. The van der Waals surface area contributed by atoms with E-state index >= 15 is 0 Å². The fourth-order valence-electron chi connectivity index (χ4n) is 2.81. The summed E-state index contributed by atoms with van der Waals surface area (Å²) in [4.78, 5) is 0. The molecule has 1 saturated carbocycles. The molecule has 1 fully saturated rings. The molecule has 1 N–H and O–H groups in total. The van der Waals surface area contributed by atoms with Crippen LogP contribution in [0.15, 0.2) is 0 Å². The van der Waals surface area contributed by atoms with E-state index in [2.05, 4.69) is 39.9 Å². The van der Waals surface area contributed by atoms with E-state index in [1.807, 2.05) is 0 Å². The Morgan fingerprint density at radius 2 is 1.81 bits per heavy atom. The normalized spacial score (nSPS) is 28.3. The molecule has 16 heavy (non-hydrogen) atoms. The van der Waals surface area contributed by atoms with Crippen LogP contribution >= 0.6 is 0 Å². The molecule has 96 valence electrons. The van der Waals surface area contributed by atoms with Crippen molar-refractivity contribution < 1.29 is 0 Å². The minimum Gasteiger partial charge on any atom is -0.312 e. The second kappa shape index (κ2) is 6.05. The standard InChI is InChI=1S/C15H31N/c1-6-12(2)10-13-8-7-9-14(13)11-16-15(3,4)5/h12-14,16H,6-11H2,1-5H3. The van der Waals surface area contributed by atoms with Gasteiger partial charge in [-0.1, -0.05) is 33.1 Å². The van der Waals surface area contributed by atoms with E-state index in [0.717, 1.165) is 17.8 Å². The third kappa shape index (κ3) is 4.86. The van der Waals surface area contributed by atoms with Gasteiger partial charge in [-0.05, 0) is 57.9 Å². The van der Waals surface area contributed by atoms with Crippen molar-refractivity contribution in [3.05, 3.63) is 0 Å². The van der Waals surface area contributed by atoms with Crippen LogP contribution < -0.4 is 5.32 Å². The lowest BCUT2D eigenvalue weighted by Crippen LogP contribution is -2.40. The first-order valence-corrected chi connectivity index (χ1v) is 7.17. The SMILES string of the molecule is CCC(C)CC1CCCC1CNC(C)(C)C. The molecule has 0 bridgehead atoms. The van der Waals surface area contributed by atoms with E-state index in [1.54, 1.807) is 0 Å². The smallest absolute Gasteiger partial charge is 0.00966 e. The molecule has 3 unspecified atom stereocenters. The fraction of sp³-hybridized carbons (Fsp3) is 1.00. The van der Waals surface area contributed by atoms with Crippen LogP contribution in [0.5, 0.6) is 0 Å². The molecule has 1 aliphatic rings. The van der Waals surface area contributed by atoms with Gasteiger partial charge in [-0.15, -0.1) is 0 Å². The van der Waals surface area contributed by atoms with Gasteiger partial charge in [0, 0.05) is 5.54 Å². The molecule has 0 heterocycles. The summed E-state index contributed by atoms with van der Waals surface area (Å²) >= 11 is 0. The number of rotatable bonds is 5. The Morgan fingerprint density at radius 3 is 2.38 bits per heavy atom. The van der Waals surface area contributed by atoms with Crippen molar-refractivity contribution in [1.82, 2.24) is 5.32 Å². The van der Waals surface area contributed by atoms with Crippen molar-refractivity contribution in [2.24, 2.45) is 17.8 Å². The van der Waals surface area contributed by atoms with Crippen LogP contribution in [-0.4, -0.2) is 12.1 Å². The average Bonchev–Trinajstić information content (AvgIpc) is 2.61. The maximum atomic E-state index is 3.69. The summed E-state index contributed by atoms with van der Waals surface area (Å²) < 4.78 is 0. The maximum absolute atomic E-state index is 3.69. The summed E-state index contributed by atoms with van der Waals surface area (Å²) in [7, 11) is 0. The van der Waals surface area contributed by atoms with E-state index < -0.39 is 0 Å². The fourth-order valence-corrected chi connectivity index (χ4v) is 2.81. The van der Waals surface area contributed by atoms with Crippen LogP contribution in [0.3, 0.4) is 0 Å². The molecule has 1 aliphatic carbocycles. The Bertz CT molecular complexity index is 192. The highest BCUT2D eigenvalue weighted by Crippen LogP contribution is 2.36. The summed E-state index contributed by atoms with van der Waals surface area (Å²) in [5.74, 6) is 2.85. The monoisotopic (exact) mass is 225 g/mol. The summed E-state index contributed by atoms with van der Waals surface area (Å²) in [6, 6.07) is 0. The first-order valence-electron chi connectivity index (χ1n) is 7.17. The van der Waals surface area contributed by atoms with E-state index in [1.165, 1.54) is 38.6 Å². The predicted molar refractivity (Wildman–Crippen MR) is 72.7 cm³/mol. The van der Waals surface area contributed by atoms with Gasteiger partial charge in [0.25, 0.3) is 0 Å². The Morgan fingerprint density at radius 1 is 1.19 bits per heavy atom. The third-order valence-corrected chi connectivity index (χ3v) is 4.11. The summed E-state index contributed by atoms with van der Waals surface area (Å²) in [5.41, 5.74) is 0.281. The molecule has 1 heteroatoms. The Balaban J connectivity index is 2.34. The van der Waals surface area contributed by atoms with Crippen LogP contribution in [0.4, 0.5) is 0 Å². The Hall–Kier alpha value is -0.0400. The second-order valence-corrected chi connectivity index (χ2v) is 6.83. The highest BCUT2D eigenvalue weighted by Gasteiger charge is 2.28. The molecule has 1 nitrogen and oxygen atoms in total. The van der Waals surface area contributed by atoms with Gasteiger partial charge >= 0.3 is 0 Å². The molecule has 3 atom stereocenters. The van der Waals surface area contributed by atoms with Crippen molar-refractivity contribution >= 4 is 0 Å². The number of hydrogen-bond donors (Lipinski definition) is 1. The summed E-state index contributed by atoms with van der Waals surface area (Å²) in [6.45, 7) is 12.8. The van der Waals surface area contributed by atoms with Gasteiger partial charge in [0.2, 0.25) is 0 Å². The van der Waals surface area contributed by atoms with Gasteiger partial charge in [-0.25, -0.2) is 0 Å². The molecule has 0 aliphatic heterocycles. The van der Waals surface area contributed by atoms with E-state index in [9.17, 15) is 0 Å². The zero-order valence-electron chi connectivity index (χ0n) is 12.0. The topological polar surface area (TPSA) is 12.0 Å². The molecule has 0 radical (unpaired) electrons. The first-order chi connectivity index (χ1) is 7.42. The van der Waals surface area contributed by atoms with Gasteiger partial charge in [0.15, 0.2) is 0 Å². The highest BCUT2D eigenvalue weighted by atomic mass is 14.9. The van der Waals surface area contributed by atoms with Crippen molar-refractivity contribution in [2.45, 2.75) is 72.3 Å². The van der Waals surface area contributed by atoms with Crippen molar-refractivity contribution in [1.29, 1.82) is 0 Å². The molecular weight excluding hydrogens is 194 g/mol. The van der Waals surface area contributed by atoms with E-state index in [0.29, 0.717) is 0 Å². The van der Waals surface area contributed by atoms with Crippen LogP contribution in [0, 0.1) is 17.8 Å². The minimum atomic E-state index is 0.281. The zero-order chi connectivity index (χ0) is 12.2. The average molecular weight is 225 g/mol. The minimum absolute atomic E-state index is 0.281. The molecule has 1 rings (SSSR count). The lowest BCUT2D eigenvalue weighted by atomic mass is 9.86. The third-order valence-electron chi connectivity index (χ3n) is 4.11. The molecule has 0 aromatic carbocycles. The van der Waals surface area contributed by atoms with Gasteiger partial charge in [0.05, 0.1) is 0 Å². The Labute approximate surface area is 102 Å². The number of nitrogens with one attached hydrogen (secondary N) is 1. The Kier molecular flexibility index (Phi) is 5.30. The second-order valence-electron chi connectivity index (χ2n) is 6.83. The number of hydrogen-bond acceptors (Lipinski definition) is 1. The molecule has 0 aromatic rings. The lowest BCUT2D eigenvalue weighted by molar-refractivity contribution is 0.277. The highest BCUT2D eigenvalue weighted by molar-refractivity contribution is 4.82. The van der Waals surface area contributed by atoms with E-state index in [-0.39, 0.29) is 5.54 Å². The quantitative estimate of drug-likeness (QED) is 0.738. The molecule has 0 spiro atoms. The molecule has 0 amide bonds. The maximum Gasteiger partial charge on any atom is 0.00966 e. The van der Waals surface area contributed by atoms with Gasteiger partial charge in [-0.2, -0.15) is 0 Å². The first kappa shape index (κ1) is 14.0. The van der Waals surface area contributed by atoms with Crippen molar-refractivity contribution in [2.75, 3.05) is 6.54 Å². The lowest BCUT2D eigenvalue weighted by Gasteiger charge is -2.27. The van der Waals surface area contributed by atoms with Gasteiger partial charge in [-0.3, -0.25) is 0 Å². The van der Waals surface area contributed by atoms with Crippen LogP contribution in [0.2, 0.25) is 0 Å². The molecule has 0 aromatic heterocycles. The van der Waals surface area contributed by atoms with Crippen LogP contribution in [-0.2, 0) is 0 Å². The van der Waals surface area contributed by atoms with Crippen molar-refractivity contribution in [3.8, 4) is 0 Å². The molecular formula is C15H31N. The van der Waals surface area contributed by atoms with Gasteiger partial charge in [0.1, 0.15) is 0 Å². The summed E-state index contributed by atoms with van der Waals surface area (Å²) in [6.07, 6.45) is 7.17. The van der Waals surface area contributed by atoms with Crippen molar-refractivity contribution in [3.63, 3.8) is 0 Å².